The molecule has 2 fully saturated rings. The first-order valence-electron chi connectivity index (χ1n) is 11.5. The topological polar surface area (TPSA) is 95.2 Å². The molecule has 1 saturated carbocycles. The van der Waals surface area contributed by atoms with Gasteiger partial charge in [-0.05, 0) is 48.4 Å². The number of aromatic nitrogens is 3. The largest absolute Gasteiger partial charge is 0.390 e. The summed E-state index contributed by atoms with van der Waals surface area (Å²) in [7, 11) is 0. The quantitative estimate of drug-likeness (QED) is 0.412. The third-order valence-electron chi connectivity index (χ3n) is 6.78. The molecule has 0 amide bonds. The van der Waals surface area contributed by atoms with Crippen LogP contribution in [0.3, 0.4) is 0 Å². The van der Waals surface area contributed by atoms with Gasteiger partial charge in [0.05, 0.1) is 12.0 Å². The fourth-order valence-corrected chi connectivity index (χ4v) is 4.80. The SMILES string of the molecule is Cc1cccc(-c2n[nH]c(C3CC(c4ccc(CN5CCNCC5)cc4)C3)n2)c1N=CN. The van der Waals surface area contributed by atoms with Gasteiger partial charge in [0, 0.05) is 44.2 Å². The van der Waals surface area contributed by atoms with E-state index in [0.717, 1.165) is 68.2 Å². The van der Waals surface area contributed by atoms with Crippen molar-refractivity contribution in [3.05, 3.63) is 65.0 Å². The molecule has 1 saturated heterocycles. The molecule has 5 rings (SSSR count). The number of nitrogens with two attached hydrogens (primary N) is 1. The van der Waals surface area contributed by atoms with E-state index in [4.69, 9.17) is 10.7 Å². The van der Waals surface area contributed by atoms with E-state index in [1.54, 1.807) is 0 Å². The van der Waals surface area contributed by atoms with E-state index in [0.29, 0.717) is 17.7 Å². The minimum absolute atomic E-state index is 0.424. The van der Waals surface area contributed by atoms with Crippen LogP contribution in [-0.4, -0.2) is 52.6 Å². The molecule has 32 heavy (non-hydrogen) atoms. The Bertz CT molecular complexity index is 1070. The fraction of sp³-hybridized carbons (Fsp3) is 0.400. The molecule has 0 radical (unpaired) electrons. The van der Waals surface area contributed by atoms with Crippen LogP contribution in [-0.2, 0) is 6.54 Å². The Morgan fingerprint density at radius 2 is 1.88 bits per heavy atom. The van der Waals surface area contributed by atoms with Crippen LogP contribution >= 0.6 is 0 Å². The zero-order valence-electron chi connectivity index (χ0n) is 18.6. The molecule has 1 aromatic heterocycles. The van der Waals surface area contributed by atoms with Crippen molar-refractivity contribution < 1.29 is 0 Å². The Hall–Kier alpha value is -3.03. The molecule has 1 aliphatic carbocycles. The standard InChI is InChI=1S/C25H31N7/c1-17-3-2-4-22(23(17)28-16-26)25-29-24(30-31-25)21-13-20(14-21)19-7-5-18(6-8-19)15-32-11-9-27-10-12-32/h2-8,16,20-21,27H,9-15H2,1H3,(H2,26,28)(H,29,30,31). The molecule has 7 heteroatoms. The average molecular weight is 430 g/mol. The molecule has 4 N–H and O–H groups in total. The number of rotatable bonds is 6. The van der Waals surface area contributed by atoms with Crippen LogP contribution in [0, 0.1) is 6.92 Å². The summed E-state index contributed by atoms with van der Waals surface area (Å²) in [6.45, 7) is 7.52. The number of benzene rings is 2. The summed E-state index contributed by atoms with van der Waals surface area (Å²) in [5.41, 5.74) is 11.2. The number of hydrogen-bond acceptors (Lipinski definition) is 5. The maximum atomic E-state index is 5.54. The molecule has 0 spiro atoms. The highest BCUT2D eigenvalue weighted by atomic mass is 15.2. The average Bonchev–Trinajstić information content (AvgIpc) is 3.26. The van der Waals surface area contributed by atoms with Crippen molar-refractivity contribution in [2.75, 3.05) is 26.2 Å². The maximum absolute atomic E-state index is 5.54. The van der Waals surface area contributed by atoms with E-state index < -0.39 is 0 Å². The highest BCUT2D eigenvalue weighted by Crippen LogP contribution is 2.47. The molecule has 3 aromatic rings. The molecule has 0 unspecified atom stereocenters. The number of aliphatic imine (C=N–C) groups is 1. The van der Waals surface area contributed by atoms with Crippen LogP contribution in [0.2, 0.25) is 0 Å². The molecule has 2 heterocycles. The van der Waals surface area contributed by atoms with Gasteiger partial charge in [0.2, 0.25) is 0 Å². The summed E-state index contributed by atoms with van der Waals surface area (Å²) in [6.07, 6.45) is 3.53. The van der Waals surface area contributed by atoms with Gasteiger partial charge in [-0.1, -0.05) is 36.4 Å². The Balaban J connectivity index is 1.21. The minimum Gasteiger partial charge on any atom is -0.390 e. The molecular formula is C25H31N7. The lowest BCUT2D eigenvalue weighted by atomic mass is 9.71. The van der Waals surface area contributed by atoms with E-state index in [1.165, 1.54) is 17.5 Å². The monoisotopic (exact) mass is 429 g/mol. The second-order valence-corrected chi connectivity index (χ2v) is 8.93. The first kappa shape index (κ1) is 20.8. The lowest BCUT2D eigenvalue weighted by Crippen LogP contribution is -2.42. The van der Waals surface area contributed by atoms with Crippen molar-refractivity contribution in [3.63, 3.8) is 0 Å². The van der Waals surface area contributed by atoms with Gasteiger partial charge in [-0.2, -0.15) is 5.10 Å². The zero-order chi connectivity index (χ0) is 21.9. The second-order valence-electron chi connectivity index (χ2n) is 8.93. The first-order valence-corrected chi connectivity index (χ1v) is 11.5. The van der Waals surface area contributed by atoms with Crippen LogP contribution in [0.1, 0.15) is 47.2 Å². The van der Waals surface area contributed by atoms with Crippen molar-refractivity contribution in [2.24, 2.45) is 10.7 Å². The summed E-state index contributed by atoms with van der Waals surface area (Å²) < 4.78 is 0. The van der Waals surface area contributed by atoms with Crippen LogP contribution in [0.5, 0.6) is 0 Å². The van der Waals surface area contributed by atoms with Crippen LogP contribution < -0.4 is 11.1 Å². The molecular weight excluding hydrogens is 398 g/mol. The lowest BCUT2D eigenvalue weighted by Gasteiger charge is -2.34. The molecule has 0 bridgehead atoms. The third-order valence-corrected chi connectivity index (χ3v) is 6.78. The maximum Gasteiger partial charge on any atom is 0.183 e. The van der Waals surface area contributed by atoms with Gasteiger partial charge in [-0.15, -0.1) is 0 Å². The van der Waals surface area contributed by atoms with Gasteiger partial charge in [0.15, 0.2) is 5.82 Å². The number of nitrogens with zero attached hydrogens (tertiary/aromatic N) is 4. The third kappa shape index (κ3) is 4.31. The van der Waals surface area contributed by atoms with E-state index in [9.17, 15) is 0 Å². The van der Waals surface area contributed by atoms with Crippen molar-refractivity contribution in [1.82, 2.24) is 25.4 Å². The predicted octanol–water partition coefficient (Wildman–Crippen LogP) is 3.47. The number of aryl methyl sites for hydroxylation is 1. The summed E-state index contributed by atoms with van der Waals surface area (Å²) in [5.74, 6) is 2.67. The molecule has 2 aliphatic rings. The number of H-pyrrole nitrogens is 1. The normalized spacial score (nSPS) is 21.7. The summed E-state index contributed by atoms with van der Waals surface area (Å²) >= 11 is 0. The summed E-state index contributed by atoms with van der Waals surface area (Å²) in [4.78, 5) is 11.6. The number of hydrogen-bond donors (Lipinski definition) is 3. The smallest absolute Gasteiger partial charge is 0.183 e. The second kappa shape index (κ2) is 9.22. The van der Waals surface area contributed by atoms with Gasteiger partial charge in [0.25, 0.3) is 0 Å². The summed E-state index contributed by atoms with van der Waals surface area (Å²) in [6, 6.07) is 15.2. The number of para-hydroxylation sites is 1. The number of aromatic amines is 1. The highest BCUT2D eigenvalue weighted by molar-refractivity contribution is 5.77. The van der Waals surface area contributed by atoms with Gasteiger partial charge >= 0.3 is 0 Å². The molecule has 1 aliphatic heterocycles. The van der Waals surface area contributed by atoms with Gasteiger partial charge < -0.3 is 11.1 Å². The van der Waals surface area contributed by atoms with Crippen LogP contribution in [0.4, 0.5) is 5.69 Å². The van der Waals surface area contributed by atoms with Crippen molar-refractivity contribution in [2.45, 2.75) is 38.1 Å². The van der Waals surface area contributed by atoms with Gasteiger partial charge in [-0.3, -0.25) is 10.00 Å². The van der Waals surface area contributed by atoms with Crippen molar-refractivity contribution in [1.29, 1.82) is 0 Å². The van der Waals surface area contributed by atoms with E-state index in [2.05, 4.69) is 49.7 Å². The molecule has 2 aromatic carbocycles. The first-order chi connectivity index (χ1) is 15.7. The van der Waals surface area contributed by atoms with E-state index >= 15 is 0 Å². The zero-order valence-corrected chi connectivity index (χ0v) is 18.6. The fourth-order valence-electron chi connectivity index (χ4n) is 4.80. The molecule has 7 nitrogen and oxygen atoms in total. The Morgan fingerprint density at radius 3 is 2.62 bits per heavy atom. The van der Waals surface area contributed by atoms with E-state index in [-0.39, 0.29) is 0 Å². The van der Waals surface area contributed by atoms with E-state index in [1.807, 2.05) is 25.1 Å². The van der Waals surface area contributed by atoms with Crippen LogP contribution in [0.25, 0.3) is 11.4 Å². The number of piperazine rings is 1. The summed E-state index contributed by atoms with van der Waals surface area (Å²) in [5, 5.41) is 11.1. The van der Waals surface area contributed by atoms with Crippen molar-refractivity contribution >= 4 is 12.0 Å². The molecule has 166 valence electrons. The van der Waals surface area contributed by atoms with Gasteiger partial charge in [0.1, 0.15) is 5.82 Å². The van der Waals surface area contributed by atoms with Crippen LogP contribution in [0.15, 0.2) is 47.5 Å². The Labute approximate surface area is 189 Å². The minimum atomic E-state index is 0.424. The molecule has 0 atom stereocenters. The van der Waals surface area contributed by atoms with Gasteiger partial charge in [-0.25, -0.2) is 9.98 Å². The lowest BCUT2D eigenvalue weighted by molar-refractivity contribution is 0.233. The Morgan fingerprint density at radius 1 is 1.09 bits per heavy atom. The Kier molecular flexibility index (Phi) is 6.01. The van der Waals surface area contributed by atoms with Crippen molar-refractivity contribution in [3.8, 4) is 11.4 Å². The highest BCUT2D eigenvalue weighted by Gasteiger charge is 2.34. The predicted molar refractivity (Wildman–Crippen MR) is 128 cm³/mol. The number of nitrogens with one attached hydrogen (secondary N) is 2.